The molecule has 0 aliphatic rings. The monoisotopic (exact) mass is 456 g/mol. The third-order valence-corrected chi connectivity index (χ3v) is 3.72. The molecule has 138 valence electrons. The minimum Gasteiger partial charge on any atom is -0.494 e. The summed E-state index contributed by atoms with van der Waals surface area (Å²) < 4.78 is 7.84. The lowest BCUT2D eigenvalue weighted by Crippen LogP contribution is -2.39. The van der Waals surface area contributed by atoms with Crippen molar-refractivity contribution in [3.63, 3.8) is 0 Å². The van der Waals surface area contributed by atoms with Crippen LogP contribution in [0.1, 0.15) is 19.0 Å². The molecule has 0 bridgehead atoms. The van der Waals surface area contributed by atoms with Gasteiger partial charge >= 0.3 is 0 Å². The number of halogens is 1. The van der Waals surface area contributed by atoms with Crippen molar-refractivity contribution in [3.05, 3.63) is 54.4 Å². The Morgan fingerprint density at radius 1 is 1.20 bits per heavy atom. The number of benzene rings is 1. The lowest BCUT2D eigenvalue weighted by atomic mass is 10.3. The molecule has 6 heteroatoms. The molecule has 25 heavy (non-hydrogen) atoms. The Hall–Kier alpha value is -1.70. The molecule has 0 fully saturated rings. The summed E-state index contributed by atoms with van der Waals surface area (Å²) in [6, 6.07) is 14.1. The van der Waals surface area contributed by atoms with E-state index in [1.165, 1.54) is 5.69 Å². The highest BCUT2D eigenvalue weighted by molar-refractivity contribution is 14.0. The Kier molecular flexibility index (Phi) is 10.1. The molecule has 0 radical (unpaired) electrons. The number of guanidine groups is 1. The third-order valence-electron chi connectivity index (χ3n) is 3.72. The van der Waals surface area contributed by atoms with E-state index in [2.05, 4.69) is 54.1 Å². The van der Waals surface area contributed by atoms with Crippen molar-refractivity contribution < 1.29 is 4.74 Å². The summed E-state index contributed by atoms with van der Waals surface area (Å²) in [4.78, 5) is 6.85. The molecule has 5 nitrogen and oxygen atoms in total. The van der Waals surface area contributed by atoms with E-state index in [0.717, 1.165) is 37.8 Å². The molecule has 0 aliphatic carbocycles. The molecule has 0 aliphatic heterocycles. The molecule has 0 atom stereocenters. The van der Waals surface area contributed by atoms with Crippen LogP contribution in [-0.4, -0.2) is 42.2 Å². The largest absolute Gasteiger partial charge is 0.494 e. The predicted molar refractivity (Wildman–Crippen MR) is 115 cm³/mol. The molecule has 1 aromatic heterocycles. The van der Waals surface area contributed by atoms with E-state index in [9.17, 15) is 0 Å². The fraction of sp³-hybridized carbons (Fsp3) is 0.421. The van der Waals surface area contributed by atoms with E-state index in [4.69, 9.17) is 9.73 Å². The second-order valence-corrected chi connectivity index (χ2v) is 5.72. The standard InChI is InChI=1S/C19H28N4O.HI/c1-4-20-19(23(3)16-17-10-8-14-22(17)2)21-13-9-15-24-18-11-6-5-7-12-18;/h5-8,10-12,14H,4,9,13,15-16H2,1-3H3,(H,20,21);1H. The third kappa shape index (κ3) is 7.37. The van der Waals surface area contributed by atoms with Gasteiger partial charge in [0.25, 0.3) is 0 Å². The highest BCUT2D eigenvalue weighted by atomic mass is 127. The van der Waals surface area contributed by atoms with Crippen molar-refractivity contribution >= 4 is 29.9 Å². The number of para-hydroxylation sites is 1. The zero-order valence-electron chi connectivity index (χ0n) is 15.3. The van der Waals surface area contributed by atoms with Crippen LogP contribution in [-0.2, 0) is 13.6 Å². The van der Waals surface area contributed by atoms with E-state index in [0.29, 0.717) is 6.61 Å². The SMILES string of the molecule is CCNC(=NCCCOc1ccccc1)N(C)Cc1cccn1C.I. The molecule has 2 rings (SSSR count). The van der Waals surface area contributed by atoms with Crippen LogP contribution in [0.5, 0.6) is 5.75 Å². The maximum atomic E-state index is 5.70. The normalized spacial score (nSPS) is 10.9. The lowest BCUT2D eigenvalue weighted by Gasteiger charge is -2.22. The Labute approximate surface area is 168 Å². The second kappa shape index (κ2) is 11.8. The van der Waals surface area contributed by atoms with Crippen LogP contribution in [0.2, 0.25) is 0 Å². The summed E-state index contributed by atoms with van der Waals surface area (Å²) >= 11 is 0. The van der Waals surface area contributed by atoms with E-state index in [1.54, 1.807) is 0 Å². The molecule has 0 spiro atoms. The van der Waals surface area contributed by atoms with E-state index >= 15 is 0 Å². The summed E-state index contributed by atoms with van der Waals surface area (Å²) in [6.07, 6.45) is 2.95. The van der Waals surface area contributed by atoms with E-state index in [1.807, 2.05) is 30.3 Å². The van der Waals surface area contributed by atoms with Gasteiger partial charge in [-0.3, -0.25) is 4.99 Å². The van der Waals surface area contributed by atoms with Crippen molar-refractivity contribution in [1.82, 2.24) is 14.8 Å². The first-order valence-electron chi connectivity index (χ1n) is 8.48. The predicted octanol–water partition coefficient (Wildman–Crippen LogP) is 3.51. The van der Waals surface area contributed by atoms with Gasteiger partial charge in [0.15, 0.2) is 5.96 Å². The zero-order valence-corrected chi connectivity index (χ0v) is 17.6. The maximum Gasteiger partial charge on any atom is 0.194 e. The number of aromatic nitrogens is 1. The molecule has 1 heterocycles. The number of nitrogens with zero attached hydrogens (tertiary/aromatic N) is 3. The van der Waals surface area contributed by atoms with Crippen molar-refractivity contribution in [2.45, 2.75) is 19.9 Å². The van der Waals surface area contributed by atoms with E-state index in [-0.39, 0.29) is 24.0 Å². The molecule has 1 N–H and O–H groups in total. The fourth-order valence-corrected chi connectivity index (χ4v) is 2.40. The number of hydrogen-bond acceptors (Lipinski definition) is 2. The minimum absolute atomic E-state index is 0. The molecule has 0 unspecified atom stereocenters. The van der Waals surface area contributed by atoms with Crippen LogP contribution in [0.25, 0.3) is 0 Å². The Morgan fingerprint density at radius 3 is 2.60 bits per heavy atom. The topological polar surface area (TPSA) is 41.8 Å². The number of ether oxygens (including phenoxy) is 1. The molecule has 0 amide bonds. The molecule has 1 aromatic carbocycles. The van der Waals surface area contributed by atoms with Gasteiger partial charge in [0, 0.05) is 45.5 Å². The lowest BCUT2D eigenvalue weighted by molar-refractivity contribution is 0.313. The van der Waals surface area contributed by atoms with Crippen LogP contribution < -0.4 is 10.1 Å². The van der Waals surface area contributed by atoms with Gasteiger partial charge in [-0.05, 0) is 31.2 Å². The summed E-state index contributed by atoms with van der Waals surface area (Å²) in [5.74, 6) is 1.84. The summed E-state index contributed by atoms with van der Waals surface area (Å²) in [5, 5.41) is 3.35. The summed E-state index contributed by atoms with van der Waals surface area (Å²) in [6.45, 7) is 5.19. The maximum absolute atomic E-state index is 5.70. The molecular formula is C19H29IN4O. The van der Waals surface area contributed by atoms with Crippen LogP contribution in [0, 0.1) is 0 Å². The van der Waals surface area contributed by atoms with Gasteiger partial charge in [-0.2, -0.15) is 0 Å². The van der Waals surface area contributed by atoms with Crippen molar-refractivity contribution in [2.75, 3.05) is 26.7 Å². The first kappa shape index (κ1) is 21.3. The average molecular weight is 456 g/mol. The van der Waals surface area contributed by atoms with Crippen molar-refractivity contribution in [1.29, 1.82) is 0 Å². The highest BCUT2D eigenvalue weighted by Gasteiger charge is 2.07. The molecule has 2 aromatic rings. The van der Waals surface area contributed by atoms with Crippen LogP contribution in [0.3, 0.4) is 0 Å². The van der Waals surface area contributed by atoms with E-state index < -0.39 is 0 Å². The van der Waals surface area contributed by atoms with Gasteiger partial charge in [0.1, 0.15) is 5.75 Å². The van der Waals surface area contributed by atoms with Crippen LogP contribution >= 0.6 is 24.0 Å². The van der Waals surface area contributed by atoms with Crippen molar-refractivity contribution in [3.8, 4) is 5.75 Å². The van der Waals surface area contributed by atoms with Gasteiger partial charge in [-0.1, -0.05) is 18.2 Å². The van der Waals surface area contributed by atoms with Crippen LogP contribution in [0.4, 0.5) is 0 Å². The molecule has 0 saturated carbocycles. The Bertz CT molecular complexity index is 627. The number of hydrogen-bond donors (Lipinski definition) is 1. The minimum atomic E-state index is 0. The van der Waals surface area contributed by atoms with Gasteiger partial charge in [0.05, 0.1) is 13.2 Å². The molecule has 0 saturated heterocycles. The van der Waals surface area contributed by atoms with Gasteiger partial charge in [-0.15, -0.1) is 24.0 Å². The number of nitrogens with one attached hydrogen (secondary N) is 1. The average Bonchev–Trinajstić information content (AvgIpc) is 2.99. The van der Waals surface area contributed by atoms with Gasteiger partial charge in [0.2, 0.25) is 0 Å². The first-order valence-corrected chi connectivity index (χ1v) is 8.48. The smallest absolute Gasteiger partial charge is 0.194 e. The number of aliphatic imine (C=N–C) groups is 1. The second-order valence-electron chi connectivity index (χ2n) is 5.72. The van der Waals surface area contributed by atoms with Crippen molar-refractivity contribution in [2.24, 2.45) is 12.0 Å². The van der Waals surface area contributed by atoms with Gasteiger partial charge < -0.3 is 19.5 Å². The molecular weight excluding hydrogens is 427 g/mol. The quantitative estimate of drug-likeness (QED) is 0.286. The Morgan fingerprint density at radius 2 is 1.96 bits per heavy atom. The zero-order chi connectivity index (χ0) is 17.2. The summed E-state index contributed by atoms with van der Waals surface area (Å²) in [5.41, 5.74) is 1.26. The fourth-order valence-electron chi connectivity index (χ4n) is 2.40. The van der Waals surface area contributed by atoms with Gasteiger partial charge in [-0.25, -0.2) is 0 Å². The first-order chi connectivity index (χ1) is 11.7. The number of rotatable bonds is 8. The number of aryl methyl sites for hydroxylation is 1. The summed E-state index contributed by atoms with van der Waals surface area (Å²) in [7, 11) is 4.13. The highest BCUT2D eigenvalue weighted by Crippen LogP contribution is 2.08. The van der Waals surface area contributed by atoms with Crippen LogP contribution in [0.15, 0.2) is 53.7 Å². The Balaban J connectivity index is 0.00000312.